The summed E-state index contributed by atoms with van der Waals surface area (Å²) in [5.41, 5.74) is 1.88. The molecular formula is C18H18F3N5O2. The van der Waals surface area contributed by atoms with Crippen molar-refractivity contribution < 1.29 is 23.2 Å². The minimum Gasteiger partial charge on any atom is -0.340 e. The lowest BCUT2D eigenvalue weighted by Gasteiger charge is -2.20. The molecule has 0 bridgehead atoms. The second-order valence-electron chi connectivity index (χ2n) is 7.05. The van der Waals surface area contributed by atoms with E-state index in [0.29, 0.717) is 30.4 Å². The van der Waals surface area contributed by atoms with E-state index >= 15 is 0 Å². The van der Waals surface area contributed by atoms with Gasteiger partial charge in [0.2, 0.25) is 5.95 Å². The fourth-order valence-electron chi connectivity index (χ4n) is 3.71. The number of fused-ring (bicyclic) bond motifs is 1. The molecule has 2 aliphatic rings. The molecule has 1 aliphatic carbocycles. The van der Waals surface area contributed by atoms with Gasteiger partial charge in [-0.15, -0.1) is 0 Å². The van der Waals surface area contributed by atoms with Crippen LogP contribution in [0, 0.1) is 11.8 Å². The Balaban J connectivity index is 1.27. The van der Waals surface area contributed by atoms with Gasteiger partial charge < -0.3 is 10.2 Å². The fraction of sp³-hybridized carbons (Fsp3) is 0.389. The van der Waals surface area contributed by atoms with Crippen molar-refractivity contribution in [3.63, 3.8) is 0 Å². The first-order chi connectivity index (χ1) is 13.4. The number of aromatic nitrogens is 2. The maximum atomic E-state index is 12.6. The molecule has 4 rings (SSSR count). The van der Waals surface area contributed by atoms with Crippen LogP contribution in [0.5, 0.6) is 0 Å². The van der Waals surface area contributed by atoms with Crippen molar-refractivity contribution in [3.05, 3.63) is 53.3 Å². The molecule has 2 fully saturated rings. The van der Waals surface area contributed by atoms with Crippen LogP contribution in [0.15, 0.2) is 36.7 Å². The molecule has 1 aromatic carbocycles. The molecule has 2 atom stereocenters. The monoisotopic (exact) mass is 393 g/mol. The number of halogens is 3. The Morgan fingerprint density at radius 3 is 2.29 bits per heavy atom. The molecule has 2 unspecified atom stereocenters. The van der Waals surface area contributed by atoms with Crippen LogP contribution in [0.25, 0.3) is 0 Å². The maximum Gasteiger partial charge on any atom is 0.416 e. The number of alkyl halides is 3. The number of rotatable bonds is 5. The van der Waals surface area contributed by atoms with Gasteiger partial charge in [-0.1, -0.05) is 12.1 Å². The highest BCUT2D eigenvalue weighted by Crippen LogP contribution is 2.46. The Kier molecular flexibility index (Phi) is 4.68. The van der Waals surface area contributed by atoms with E-state index in [1.807, 2.05) is 4.90 Å². The summed E-state index contributed by atoms with van der Waals surface area (Å²) in [6.45, 7) is 2.08. The summed E-state index contributed by atoms with van der Waals surface area (Å²) in [7, 11) is 0. The zero-order chi connectivity index (χ0) is 19.9. The van der Waals surface area contributed by atoms with Crippen molar-refractivity contribution in [3.8, 4) is 0 Å². The Hall–Kier alpha value is -2.72. The third kappa shape index (κ3) is 3.65. The third-order valence-electron chi connectivity index (χ3n) is 5.30. The minimum absolute atomic E-state index is 0.173. The van der Waals surface area contributed by atoms with Crippen LogP contribution < -0.4 is 15.7 Å². The van der Waals surface area contributed by atoms with Crippen molar-refractivity contribution in [1.82, 2.24) is 20.8 Å². The van der Waals surface area contributed by atoms with Gasteiger partial charge in [0, 0.05) is 38.1 Å². The van der Waals surface area contributed by atoms with E-state index in [9.17, 15) is 18.0 Å². The predicted octanol–water partition coefficient (Wildman–Crippen LogP) is 1.84. The van der Waals surface area contributed by atoms with Crippen LogP contribution >= 0.6 is 0 Å². The van der Waals surface area contributed by atoms with Crippen LogP contribution in [0.4, 0.5) is 19.1 Å². The maximum absolute atomic E-state index is 12.6. The molecule has 2 aromatic rings. The van der Waals surface area contributed by atoms with Gasteiger partial charge in [0.1, 0.15) is 0 Å². The molecule has 1 aliphatic heterocycles. The molecule has 1 amide bonds. The largest absolute Gasteiger partial charge is 0.416 e. The van der Waals surface area contributed by atoms with E-state index in [1.165, 1.54) is 30.0 Å². The van der Waals surface area contributed by atoms with Gasteiger partial charge in [-0.2, -0.15) is 13.2 Å². The topological polar surface area (TPSA) is 90.4 Å². The molecule has 2 heterocycles. The van der Waals surface area contributed by atoms with Gasteiger partial charge in [0.25, 0.3) is 5.91 Å². The minimum atomic E-state index is -4.31. The number of benzene rings is 1. The number of hydroxylamine groups is 1. The molecule has 1 aromatic heterocycles. The van der Waals surface area contributed by atoms with Crippen molar-refractivity contribution in [1.29, 1.82) is 0 Å². The normalized spacial score (nSPS) is 23.4. The first-order valence-electron chi connectivity index (χ1n) is 8.78. The standard InChI is InChI=1S/C18H18F3N5O2/c19-18(20,21)12-3-1-10(2-4-12)5-22-15-13-8-26(9-14(13)15)17-23-6-11(7-24-17)16(27)25-28/h1-4,6-7,13-15,22,28H,5,8-9H2,(H,25,27). The molecule has 7 nitrogen and oxygen atoms in total. The second kappa shape index (κ2) is 7.02. The third-order valence-corrected chi connectivity index (χ3v) is 5.30. The zero-order valence-corrected chi connectivity index (χ0v) is 14.6. The Morgan fingerprint density at radius 2 is 1.75 bits per heavy atom. The number of amides is 1. The van der Waals surface area contributed by atoms with E-state index in [-0.39, 0.29) is 5.56 Å². The number of hydrogen-bond donors (Lipinski definition) is 3. The zero-order valence-electron chi connectivity index (χ0n) is 14.6. The first-order valence-corrected chi connectivity index (χ1v) is 8.78. The molecule has 28 heavy (non-hydrogen) atoms. The lowest BCUT2D eigenvalue weighted by Crippen LogP contribution is -2.32. The van der Waals surface area contributed by atoms with Crippen molar-refractivity contribution >= 4 is 11.9 Å². The Morgan fingerprint density at radius 1 is 1.14 bits per heavy atom. The second-order valence-corrected chi connectivity index (χ2v) is 7.05. The molecule has 0 spiro atoms. The van der Waals surface area contributed by atoms with Crippen molar-refractivity contribution in [2.75, 3.05) is 18.0 Å². The molecule has 0 radical (unpaired) electrons. The summed E-state index contributed by atoms with van der Waals surface area (Å²) >= 11 is 0. The number of carbonyl (C=O) groups excluding carboxylic acids is 1. The molecule has 148 valence electrons. The fourth-order valence-corrected chi connectivity index (χ4v) is 3.71. The van der Waals surface area contributed by atoms with E-state index in [0.717, 1.165) is 30.8 Å². The number of piperidine rings is 1. The summed E-state index contributed by atoms with van der Waals surface area (Å²) in [4.78, 5) is 21.6. The summed E-state index contributed by atoms with van der Waals surface area (Å²) < 4.78 is 37.8. The summed E-state index contributed by atoms with van der Waals surface area (Å²) in [6, 6.07) is 5.53. The quantitative estimate of drug-likeness (QED) is 0.531. The number of hydrogen-bond acceptors (Lipinski definition) is 6. The predicted molar refractivity (Wildman–Crippen MR) is 92.5 cm³/mol. The van der Waals surface area contributed by atoms with Crippen molar-refractivity contribution in [2.45, 2.75) is 18.8 Å². The molecule has 3 N–H and O–H groups in total. The summed E-state index contributed by atoms with van der Waals surface area (Å²) in [5.74, 6) is 0.753. The van der Waals surface area contributed by atoms with Gasteiger partial charge in [-0.25, -0.2) is 15.4 Å². The van der Waals surface area contributed by atoms with Crippen LogP contribution in [-0.4, -0.2) is 40.2 Å². The van der Waals surface area contributed by atoms with Crippen LogP contribution in [0.3, 0.4) is 0 Å². The van der Waals surface area contributed by atoms with Gasteiger partial charge in [0.15, 0.2) is 0 Å². The van der Waals surface area contributed by atoms with Crippen LogP contribution in [0.1, 0.15) is 21.5 Å². The smallest absolute Gasteiger partial charge is 0.340 e. The number of nitrogens with zero attached hydrogens (tertiary/aromatic N) is 3. The number of anilines is 1. The lowest BCUT2D eigenvalue weighted by molar-refractivity contribution is -0.137. The SMILES string of the molecule is O=C(NO)c1cnc(N2CC3C(C2)C3NCc2ccc(C(F)(F)F)cc2)nc1. The highest BCUT2D eigenvalue weighted by Gasteiger charge is 2.55. The molecule has 10 heteroatoms. The van der Waals surface area contributed by atoms with Crippen LogP contribution in [-0.2, 0) is 12.7 Å². The molecule has 1 saturated heterocycles. The molecular weight excluding hydrogens is 375 g/mol. The highest BCUT2D eigenvalue weighted by atomic mass is 19.4. The number of carbonyl (C=O) groups is 1. The number of nitrogens with one attached hydrogen (secondary N) is 2. The average Bonchev–Trinajstić information content (AvgIpc) is 3.14. The Labute approximate surface area is 158 Å². The van der Waals surface area contributed by atoms with Crippen LogP contribution in [0.2, 0.25) is 0 Å². The van der Waals surface area contributed by atoms with Gasteiger partial charge >= 0.3 is 6.18 Å². The highest BCUT2D eigenvalue weighted by molar-refractivity contribution is 5.92. The molecule has 1 saturated carbocycles. The van der Waals surface area contributed by atoms with Gasteiger partial charge in [-0.05, 0) is 29.5 Å². The van der Waals surface area contributed by atoms with E-state index < -0.39 is 17.6 Å². The summed E-state index contributed by atoms with van der Waals surface area (Å²) in [6.07, 6.45) is -1.60. The van der Waals surface area contributed by atoms with E-state index in [1.54, 1.807) is 0 Å². The van der Waals surface area contributed by atoms with Gasteiger partial charge in [-0.3, -0.25) is 10.0 Å². The lowest BCUT2D eigenvalue weighted by atomic mass is 10.1. The average molecular weight is 393 g/mol. The van der Waals surface area contributed by atoms with E-state index in [4.69, 9.17) is 5.21 Å². The summed E-state index contributed by atoms with van der Waals surface area (Å²) in [5, 5.41) is 12.0. The van der Waals surface area contributed by atoms with Crippen molar-refractivity contribution in [2.24, 2.45) is 11.8 Å². The Bertz CT molecular complexity index is 845. The first kappa shape index (κ1) is 18.6. The van der Waals surface area contributed by atoms with E-state index in [2.05, 4.69) is 15.3 Å². The van der Waals surface area contributed by atoms with Gasteiger partial charge in [0.05, 0.1) is 11.1 Å².